The molecule has 0 heterocycles. The SMILES string of the molecule is CC1=CC(C)CC(CNCC(C)C2CC2)C1. The highest BCUT2D eigenvalue weighted by Crippen LogP contribution is 2.36. The van der Waals surface area contributed by atoms with E-state index in [2.05, 4.69) is 32.2 Å². The van der Waals surface area contributed by atoms with Gasteiger partial charge in [-0.15, -0.1) is 0 Å². The quantitative estimate of drug-likeness (QED) is 0.699. The Balaban J connectivity index is 1.64. The molecule has 0 spiro atoms. The maximum absolute atomic E-state index is 3.69. The Hall–Kier alpha value is -0.300. The number of nitrogens with one attached hydrogen (secondary N) is 1. The van der Waals surface area contributed by atoms with Crippen LogP contribution in [0.4, 0.5) is 0 Å². The summed E-state index contributed by atoms with van der Waals surface area (Å²) in [5, 5.41) is 3.69. The second kappa shape index (κ2) is 5.35. The Kier molecular flexibility index (Phi) is 4.07. The molecule has 16 heavy (non-hydrogen) atoms. The molecule has 2 aliphatic rings. The molecule has 1 saturated carbocycles. The first-order valence-corrected chi connectivity index (χ1v) is 7.03. The van der Waals surface area contributed by atoms with Crippen molar-refractivity contribution in [3.05, 3.63) is 11.6 Å². The Morgan fingerprint density at radius 2 is 2.19 bits per heavy atom. The van der Waals surface area contributed by atoms with Gasteiger partial charge in [0.15, 0.2) is 0 Å². The minimum Gasteiger partial charge on any atom is -0.316 e. The van der Waals surface area contributed by atoms with Crippen molar-refractivity contribution < 1.29 is 0 Å². The van der Waals surface area contributed by atoms with Crippen LogP contribution in [0.5, 0.6) is 0 Å². The summed E-state index contributed by atoms with van der Waals surface area (Å²) < 4.78 is 0. The van der Waals surface area contributed by atoms with Crippen molar-refractivity contribution in [2.24, 2.45) is 23.7 Å². The molecule has 3 unspecified atom stereocenters. The van der Waals surface area contributed by atoms with E-state index < -0.39 is 0 Å². The van der Waals surface area contributed by atoms with Gasteiger partial charge in [0.1, 0.15) is 0 Å². The number of hydrogen-bond donors (Lipinski definition) is 1. The third kappa shape index (κ3) is 3.62. The van der Waals surface area contributed by atoms with Crippen LogP contribution < -0.4 is 5.32 Å². The topological polar surface area (TPSA) is 12.0 Å². The minimum atomic E-state index is 0.793. The lowest BCUT2D eigenvalue weighted by Gasteiger charge is -2.26. The van der Waals surface area contributed by atoms with Crippen molar-refractivity contribution >= 4 is 0 Å². The molecule has 0 bridgehead atoms. The van der Waals surface area contributed by atoms with Crippen LogP contribution in [-0.4, -0.2) is 13.1 Å². The highest BCUT2D eigenvalue weighted by atomic mass is 14.9. The van der Waals surface area contributed by atoms with Crippen LogP contribution in [-0.2, 0) is 0 Å². The van der Waals surface area contributed by atoms with E-state index in [1.165, 1.54) is 38.8 Å². The van der Waals surface area contributed by atoms with E-state index in [4.69, 9.17) is 0 Å². The summed E-state index contributed by atoms with van der Waals surface area (Å²) in [6.45, 7) is 9.50. The summed E-state index contributed by atoms with van der Waals surface area (Å²) >= 11 is 0. The molecular weight excluding hydrogens is 194 g/mol. The lowest BCUT2D eigenvalue weighted by molar-refractivity contribution is 0.361. The van der Waals surface area contributed by atoms with Crippen molar-refractivity contribution in [2.45, 2.75) is 46.5 Å². The maximum atomic E-state index is 3.69. The molecule has 0 aliphatic heterocycles. The molecule has 92 valence electrons. The van der Waals surface area contributed by atoms with Gasteiger partial charge in [-0.05, 0) is 69.4 Å². The van der Waals surface area contributed by atoms with Crippen LogP contribution in [0, 0.1) is 23.7 Å². The number of hydrogen-bond acceptors (Lipinski definition) is 1. The van der Waals surface area contributed by atoms with Gasteiger partial charge >= 0.3 is 0 Å². The van der Waals surface area contributed by atoms with Crippen molar-refractivity contribution in [2.75, 3.05) is 13.1 Å². The maximum Gasteiger partial charge on any atom is -0.00171 e. The van der Waals surface area contributed by atoms with Crippen molar-refractivity contribution in [1.29, 1.82) is 0 Å². The summed E-state index contributed by atoms with van der Waals surface area (Å²) in [5.74, 6) is 3.62. The van der Waals surface area contributed by atoms with E-state index in [0.717, 1.165) is 23.7 Å². The van der Waals surface area contributed by atoms with E-state index in [0.29, 0.717) is 0 Å². The van der Waals surface area contributed by atoms with Gasteiger partial charge < -0.3 is 5.32 Å². The summed E-state index contributed by atoms with van der Waals surface area (Å²) in [6, 6.07) is 0. The van der Waals surface area contributed by atoms with Gasteiger partial charge in [0, 0.05) is 0 Å². The Bertz CT molecular complexity index is 252. The largest absolute Gasteiger partial charge is 0.316 e. The number of allylic oxidation sites excluding steroid dienone is 2. The van der Waals surface area contributed by atoms with Crippen LogP contribution in [0.3, 0.4) is 0 Å². The van der Waals surface area contributed by atoms with Gasteiger partial charge in [-0.25, -0.2) is 0 Å². The zero-order valence-electron chi connectivity index (χ0n) is 11.1. The Morgan fingerprint density at radius 1 is 1.44 bits per heavy atom. The second-order valence-corrected chi connectivity index (χ2v) is 6.27. The van der Waals surface area contributed by atoms with Crippen LogP contribution in [0.15, 0.2) is 11.6 Å². The zero-order valence-corrected chi connectivity index (χ0v) is 11.1. The van der Waals surface area contributed by atoms with E-state index in [1.807, 2.05) is 0 Å². The molecule has 0 aromatic carbocycles. The molecule has 0 aromatic heterocycles. The lowest BCUT2D eigenvalue weighted by Crippen LogP contribution is -2.30. The fourth-order valence-corrected chi connectivity index (χ4v) is 3.19. The van der Waals surface area contributed by atoms with Gasteiger partial charge in [-0.3, -0.25) is 0 Å². The normalized spacial score (nSPS) is 32.3. The monoisotopic (exact) mass is 221 g/mol. The van der Waals surface area contributed by atoms with Gasteiger partial charge in [-0.1, -0.05) is 25.5 Å². The Morgan fingerprint density at radius 3 is 2.81 bits per heavy atom. The van der Waals surface area contributed by atoms with E-state index in [9.17, 15) is 0 Å². The van der Waals surface area contributed by atoms with Crippen LogP contribution >= 0.6 is 0 Å². The van der Waals surface area contributed by atoms with Gasteiger partial charge in [0.25, 0.3) is 0 Å². The summed E-state index contributed by atoms with van der Waals surface area (Å²) in [5.41, 5.74) is 1.60. The molecule has 2 aliphatic carbocycles. The standard InChI is InChI=1S/C15H27N/c1-11-6-12(2)8-14(7-11)10-16-9-13(3)15-4-5-15/h6,11,13-16H,4-5,7-10H2,1-3H3. The highest BCUT2D eigenvalue weighted by molar-refractivity contribution is 5.06. The molecule has 0 aromatic rings. The molecule has 1 nitrogen and oxygen atoms in total. The third-order valence-corrected chi connectivity index (χ3v) is 4.21. The van der Waals surface area contributed by atoms with Crippen LogP contribution in [0.1, 0.15) is 46.5 Å². The number of rotatable bonds is 5. The van der Waals surface area contributed by atoms with Crippen molar-refractivity contribution in [3.8, 4) is 0 Å². The molecule has 0 radical (unpaired) electrons. The van der Waals surface area contributed by atoms with Crippen LogP contribution in [0.2, 0.25) is 0 Å². The fourth-order valence-electron chi connectivity index (χ4n) is 3.19. The summed E-state index contributed by atoms with van der Waals surface area (Å²) in [6.07, 6.45) is 8.09. The van der Waals surface area contributed by atoms with Gasteiger partial charge in [-0.2, -0.15) is 0 Å². The average Bonchev–Trinajstić information content (AvgIpc) is 2.98. The molecule has 0 saturated heterocycles. The predicted octanol–water partition coefficient (Wildman–Crippen LogP) is 3.61. The molecular formula is C15H27N. The van der Waals surface area contributed by atoms with E-state index in [1.54, 1.807) is 5.57 Å². The highest BCUT2D eigenvalue weighted by Gasteiger charge is 2.27. The molecule has 0 amide bonds. The minimum absolute atomic E-state index is 0.793. The van der Waals surface area contributed by atoms with Crippen molar-refractivity contribution in [3.63, 3.8) is 0 Å². The average molecular weight is 221 g/mol. The Labute approximate surface area is 101 Å². The van der Waals surface area contributed by atoms with Gasteiger partial charge in [0.2, 0.25) is 0 Å². The molecule has 1 heteroatoms. The second-order valence-electron chi connectivity index (χ2n) is 6.27. The third-order valence-electron chi connectivity index (χ3n) is 4.21. The first-order valence-electron chi connectivity index (χ1n) is 7.03. The van der Waals surface area contributed by atoms with E-state index in [-0.39, 0.29) is 0 Å². The molecule has 3 atom stereocenters. The lowest BCUT2D eigenvalue weighted by atomic mass is 9.83. The smallest absolute Gasteiger partial charge is 0.00171 e. The van der Waals surface area contributed by atoms with Gasteiger partial charge in [0.05, 0.1) is 0 Å². The molecule has 1 N–H and O–H groups in total. The predicted molar refractivity (Wildman–Crippen MR) is 70.4 cm³/mol. The fraction of sp³-hybridized carbons (Fsp3) is 0.867. The summed E-state index contributed by atoms with van der Waals surface area (Å²) in [7, 11) is 0. The van der Waals surface area contributed by atoms with E-state index >= 15 is 0 Å². The zero-order chi connectivity index (χ0) is 11.5. The van der Waals surface area contributed by atoms with Crippen molar-refractivity contribution in [1.82, 2.24) is 5.32 Å². The first-order chi connectivity index (χ1) is 7.65. The molecule has 2 rings (SSSR count). The summed E-state index contributed by atoms with van der Waals surface area (Å²) in [4.78, 5) is 0. The first kappa shape index (κ1) is 12.2. The van der Waals surface area contributed by atoms with Crippen LogP contribution in [0.25, 0.3) is 0 Å². The molecule has 1 fully saturated rings.